The molecule has 0 N–H and O–H groups in total. The Morgan fingerprint density at radius 1 is 1.11 bits per heavy atom. The molecule has 0 spiro atoms. The third kappa shape index (κ3) is 3.01. The maximum Gasteiger partial charge on any atom is 0.126 e. The molecule has 0 aliphatic heterocycles. The molecule has 0 heterocycles. The van der Waals surface area contributed by atoms with Gasteiger partial charge in [-0.05, 0) is 42.2 Å². The summed E-state index contributed by atoms with van der Waals surface area (Å²) in [7, 11) is 0. The predicted octanol–water partition coefficient (Wildman–Crippen LogP) is 5.58. The van der Waals surface area contributed by atoms with Crippen molar-refractivity contribution >= 4 is 31.9 Å². The van der Waals surface area contributed by atoms with Crippen molar-refractivity contribution in [1.82, 2.24) is 0 Å². The lowest BCUT2D eigenvalue weighted by atomic mass is 10.0. The van der Waals surface area contributed by atoms with E-state index in [1.807, 2.05) is 24.3 Å². The lowest BCUT2D eigenvalue weighted by molar-refractivity contribution is 0.608. The van der Waals surface area contributed by atoms with Crippen molar-refractivity contribution in [2.45, 2.75) is 18.2 Å². The fourth-order valence-electron chi connectivity index (χ4n) is 1.93. The van der Waals surface area contributed by atoms with Gasteiger partial charge in [-0.1, -0.05) is 62.2 Å². The smallest absolute Gasteiger partial charge is 0.126 e. The van der Waals surface area contributed by atoms with Crippen LogP contribution in [0, 0.1) is 12.7 Å². The maximum atomic E-state index is 13.6. The summed E-state index contributed by atoms with van der Waals surface area (Å²) < 4.78 is 14.7. The molecule has 2 aromatic carbocycles. The molecule has 3 heteroatoms. The summed E-state index contributed by atoms with van der Waals surface area (Å²) in [6.45, 7) is 2.06. The van der Waals surface area contributed by atoms with Gasteiger partial charge in [0.05, 0.1) is 0 Å². The highest BCUT2D eigenvalue weighted by molar-refractivity contribution is 9.10. The fraction of sp³-hybridized carbons (Fsp3) is 0.200. The number of rotatable bonds is 3. The van der Waals surface area contributed by atoms with Gasteiger partial charge in [0.2, 0.25) is 0 Å². The van der Waals surface area contributed by atoms with Crippen LogP contribution in [0.2, 0.25) is 0 Å². The van der Waals surface area contributed by atoms with E-state index in [-0.39, 0.29) is 10.6 Å². The molecule has 0 saturated heterocycles. The Kier molecular flexibility index (Phi) is 4.57. The zero-order valence-corrected chi connectivity index (χ0v) is 13.1. The van der Waals surface area contributed by atoms with Gasteiger partial charge < -0.3 is 0 Å². The number of halogens is 3. The Balaban J connectivity index is 2.25. The third-order valence-corrected chi connectivity index (χ3v) is 4.68. The molecule has 0 aromatic heterocycles. The van der Waals surface area contributed by atoms with Gasteiger partial charge in [-0.15, -0.1) is 0 Å². The molecule has 0 fully saturated rings. The minimum absolute atomic E-state index is 0.117. The number of hydrogen-bond donors (Lipinski definition) is 0. The van der Waals surface area contributed by atoms with E-state index in [1.54, 1.807) is 6.07 Å². The number of alkyl halides is 1. The summed E-state index contributed by atoms with van der Waals surface area (Å²) in [6.07, 6.45) is 0.643. The van der Waals surface area contributed by atoms with E-state index in [9.17, 15) is 4.39 Å². The maximum absolute atomic E-state index is 13.6. The largest absolute Gasteiger partial charge is 0.207 e. The van der Waals surface area contributed by atoms with E-state index in [2.05, 4.69) is 44.8 Å². The van der Waals surface area contributed by atoms with Crippen LogP contribution in [0.4, 0.5) is 4.39 Å². The van der Waals surface area contributed by atoms with Crippen LogP contribution in [0.15, 0.2) is 46.9 Å². The molecule has 94 valence electrons. The second-order valence-electron chi connectivity index (χ2n) is 4.22. The standard InChI is InChI=1S/C15H13Br2F/c1-10-12(6-4-7-13(10)16)14(17)9-11-5-2-3-8-15(11)18/h2-8,14H,9H2,1H3. The quantitative estimate of drug-likeness (QED) is 0.618. The molecule has 2 rings (SSSR count). The van der Waals surface area contributed by atoms with Crippen molar-refractivity contribution in [1.29, 1.82) is 0 Å². The molecule has 0 amide bonds. The number of hydrogen-bond acceptors (Lipinski definition) is 0. The average molecular weight is 372 g/mol. The summed E-state index contributed by atoms with van der Waals surface area (Å²) in [5, 5.41) is 0. The lowest BCUT2D eigenvalue weighted by Crippen LogP contribution is -2.00. The van der Waals surface area contributed by atoms with Crippen LogP contribution in [0.3, 0.4) is 0 Å². The zero-order valence-electron chi connectivity index (χ0n) is 9.96. The Morgan fingerprint density at radius 3 is 2.56 bits per heavy atom. The molecule has 0 aliphatic rings. The van der Waals surface area contributed by atoms with Gasteiger partial charge in [0.15, 0.2) is 0 Å². The van der Waals surface area contributed by atoms with Gasteiger partial charge in [-0.25, -0.2) is 4.39 Å². The Labute approximate surface area is 123 Å². The van der Waals surface area contributed by atoms with Crippen molar-refractivity contribution in [3.8, 4) is 0 Å². The zero-order chi connectivity index (χ0) is 13.1. The van der Waals surface area contributed by atoms with Crippen LogP contribution in [0.5, 0.6) is 0 Å². The summed E-state index contributed by atoms with van der Waals surface area (Å²) in [4.78, 5) is 0.117. The lowest BCUT2D eigenvalue weighted by Gasteiger charge is -2.14. The normalized spacial score (nSPS) is 12.4. The molecule has 0 bridgehead atoms. The first-order valence-electron chi connectivity index (χ1n) is 5.72. The van der Waals surface area contributed by atoms with E-state index in [1.165, 1.54) is 17.2 Å². The topological polar surface area (TPSA) is 0 Å². The van der Waals surface area contributed by atoms with E-state index in [0.29, 0.717) is 6.42 Å². The summed E-state index contributed by atoms with van der Waals surface area (Å²) in [6, 6.07) is 13.0. The van der Waals surface area contributed by atoms with Crippen molar-refractivity contribution < 1.29 is 4.39 Å². The van der Waals surface area contributed by atoms with E-state index in [0.717, 1.165) is 10.0 Å². The van der Waals surface area contributed by atoms with Gasteiger partial charge in [-0.3, -0.25) is 0 Å². The van der Waals surface area contributed by atoms with Gasteiger partial charge in [0, 0.05) is 9.30 Å². The van der Waals surface area contributed by atoms with Crippen LogP contribution < -0.4 is 0 Å². The van der Waals surface area contributed by atoms with Crippen LogP contribution in [0.1, 0.15) is 21.5 Å². The Hall–Kier alpha value is -0.670. The molecular weight excluding hydrogens is 359 g/mol. The Bertz CT molecular complexity index is 552. The van der Waals surface area contributed by atoms with Crippen LogP contribution in [-0.2, 0) is 6.42 Å². The average Bonchev–Trinajstić information content (AvgIpc) is 2.35. The summed E-state index contributed by atoms with van der Waals surface area (Å²) >= 11 is 7.17. The highest BCUT2D eigenvalue weighted by Gasteiger charge is 2.14. The first-order valence-corrected chi connectivity index (χ1v) is 7.43. The molecule has 0 radical (unpaired) electrons. The SMILES string of the molecule is Cc1c(Br)cccc1C(Br)Cc1ccccc1F. The van der Waals surface area contributed by atoms with Gasteiger partial charge >= 0.3 is 0 Å². The highest BCUT2D eigenvalue weighted by atomic mass is 79.9. The van der Waals surface area contributed by atoms with Crippen LogP contribution >= 0.6 is 31.9 Å². The molecule has 18 heavy (non-hydrogen) atoms. The highest BCUT2D eigenvalue weighted by Crippen LogP contribution is 2.32. The molecule has 1 unspecified atom stereocenters. The molecule has 1 atom stereocenters. The van der Waals surface area contributed by atoms with Crippen molar-refractivity contribution in [2.75, 3.05) is 0 Å². The van der Waals surface area contributed by atoms with Crippen LogP contribution in [-0.4, -0.2) is 0 Å². The van der Waals surface area contributed by atoms with E-state index >= 15 is 0 Å². The second kappa shape index (κ2) is 5.98. The molecule has 0 nitrogen and oxygen atoms in total. The monoisotopic (exact) mass is 370 g/mol. The molecule has 2 aromatic rings. The van der Waals surface area contributed by atoms with Gasteiger partial charge in [-0.2, -0.15) is 0 Å². The fourth-order valence-corrected chi connectivity index (χ4v) is 3.16. The van der Waals surface area contributed by atoms with Gasteiger partial charge in [0.1, 0.15) is 5.82 Å². The van der Waals surface area contributed by atoms with E-state index < -0.39 is 0 Å². The van der Waals surface area contributed by atoms with Crippen molar-refractivity contribution in [2.24, 2.45) is 0 Å². The third-order valence-electron chi connectivity index (χ3n) is 3.00. The predicted molar refractivity (Wildman–Crippen MR) is 80.7 cm³/mol. The Morgan fingerprint density at radius 2 is 1.83 bits per heavy atom. The minimum atomic E-state index is -0.144. The van der Waals surface area contributed by atoms with Crippen LogP contribution in [0.25, 0.3) is 0 Å². The second-order valence-corrected chi connectivity index (χ2v) is 6.18. The van der Waals surface area contributed by atoms with Crippen molar-refractivity contribution in [3.05, 3.63) is 69.4 Å². The van der Waals surface area contributed by atoms with E-state index in [4.69, 9.17) is 0 Å². The summed E-state index contributed by atoms with van der Waals surface area (Å²) in [5.74, 6) is -0.144. The first kappa shape index (κ1) is 13.8. The molecule has 0 saturated carbocycles. The number of benzene rings is 2. The molecule has 0 aliphatic carbocycles. The summed E-state index contributed by atoms with van der Waals surface area (Å²) in [5.41, 5.74) is 3.11. The van der Waals surface area contributed by atoms with Gasteiger partial charge in [0.25, 0.3) is 0 Å². The first-order chi connectivity index (χ1) is 8.59. The minimum Gasteiger partial charge on any atom is -0.207 e. The van der Waals surface area contributed by atoms with Crippen molar-refractivity contribution in [3.63, 3.8) is 0 Å². The molecular formula is C15H13Br2F.